The fourth-order valence-electron chi connectivity index (χ4n) is 12.6. The van der Waals surface area contributed by atoms with Crippen LogP contribution in [0.25, 0.3) is 33.4 Å². The molecule has 87 heavy (non-hydrogen) atoms. The van der Waals surface area contributed by atoms with E-state index < -0.39 is 0 Å². The molecular weight excluding hydrogens is 1050 g/mol. The molecule has 0 amide bonds. The standard InChI is InChI=1S/C84H93N3/c1-7-13-31-67-37-19-25-43-79(67)85(80-44-26-20-38-68(80)32-14-8-2)76-55-49-64(50-56-76)73-61-74(65-51-57-77(58-52-65)86(81-45-27-21-39-69(81)33-15-9-3)82-46-28-22-40-70(82)34-16-10-4)63-75(62-73)66-53-59-78(60-54-66)87(83-47-29-23-41-71(83)35-17-11-5)84-48-30-24-42-72(84)36-18-12-6/h19-30,37-63H,7-18,31-36H2,1-6H3. The van der Waals surface area contributed by atoms with E-state index in [9.17, 15) is 0 Å². The molecule has 0 aromatic heterocycles. The maximum atomic E-state index is 2.53. The average molecular weight is 1140 g/mol. The van der Waals surface area contributed by atoms with Gasteiger partial charge in [-0.15, -0.1) is 0 Å². The first-order valence-corrected chi connectivity index (χ1v) is 33.3. The topological polar surface area (TPSA) is 9.72 Å². The molecule has 10 rings (SSSR count). The zero-order valence-corrected chi connectivity index (χ0v) is 53.1. The minimum atomic E-state index is 1.04. The Bertz CT molecular complexity index is 3180. The maximum absolute atomic E-state index is 2.53. The number of benzene rings is 10. The maximum Gasteiger partial charge on any atom is 0.0493 e. The summed E-state index contributed by atoms with van der Waals surface area (Å²) in [5, 5.41) is 0. The van der Waals surface area contributed by atoms with Crippen LogP contribution in [0.5, 0.6) is 0 Å². The summed E-state index contributed by atoms with van der Waals surface area (Å²) < 4.78 is 0. The van der Waals surface area contributed by atoms with E-state index in [4.69, 9.17) is 0 Å². The number of para-hydroxylation sites is 6. The Labute approximate surface area is 523 Å². The van der Waals surface area contributed by atoms with Gasteiger partial charge in [-0.3, -0.25) is 0 Å². The third-order valence-electron chi connectivity index (χ3n) is 17.5. The number of hydrogen-bond donors (Lipinski definition) is 0. The van der Waals surface area contributed by atoms with E-state index in [-0.39, 0.29) is 0 Å². The molecule has 3 nitrogen and oxygen atoms in total. The second-order valence-corrected chi connectivity index (χ2v) is 23.8. The lowest BCUT2D eigenvalue weighted by atomic mass is 9.92. The van der Waals surface area contributed by atoms with Crippen LogP contribution in [0, 0.1) is 0 Å². The summed E-state index contributed by atoms with van der Waals surface area (Å²) in [5.41, 5.74) is 26.5. The minimum absolute atomic E-state index is 1.04. The third-order valence-corrected chi connectivity index (χ3v) is 17.5. The highest BCUT2D eigenvalue weighted by atomic mass is 15.2. The quantitative estimate of drug-likeness (QED) is 0.0444. The molecule has 10 aromatic rings. The number of anilines is 9. The van der Waals surface area contributed by atoms with Gasteiger partial charge in [0.15, 0.2) is 0 Å². The van der Waals surface area contributed by atoms with Crippen LogP contribution in [-0.4, -0.2) is 0 Å². The molecule has 0 saturated carbocycles. The fraction of sp³-hybridized carbons (Fsp3) is 0.286. The zero-order valence-electron chi connectivity index (χ0n) is 53.1. The Morgan fingerprint density at radius 1 is 0.195 bits per heavy atom. The largest absolute Gasteiger partial charge is 0.310 e. The van der Waals surface area contributed by atoms with Crippen LogP contribution >= 0.6 is 0 Å². The summed E-state index contributed by atoms with van der Waals surface area (Å²) in [6.07, 6.45) is 20.1. The highest BCUT2D eigenvalue weighted by Crippen LogP contribution is 2.45. The van der Waals surface area contributed by atoms with E-state index in [1.54, 1.807) is 0 Å². The molecule has 0 spiro atoms. The number of hydrogen-bond acceptors (Lipinski definition) is 3. The summed E-state index contributed by atoms with van der Waals surface area (Å²) in [7, 11) is 0. The molecule has 0 bridgehead atoms. The predicted molar refractivity (Wildman–Crippen MR) is 378 cm³/mol. The fourth-order valence-corrected chi connectivity index (χ4v) is 12.6. The molecular formula is C84H93N3. The molecule has 444 valence electrons. The van der Waals surface area contributed by atoms with Crippen LogP contribution in [0.2, 0.25) is 0 Å². The second kappa shape index (κ2) is 31.3. The second-order valence-electron chi connectivity index (χ2n) is 23.8. The molecule has 3 heteroatoms. The van der Waals surface area contributed by atoms with Crippen LogP contribution in [-0.2, 0) is 38.5 Å². The first-order valence-electron chi connectivity index (χ1n) is 33.3. The van der Waals surface area contributed by atoms with E-state index in [0.717, 1.165) is 116 Å². The van der Waals surface area contributed by atoms with Crippen molar-refractivity contribution < 1.29 is 0 Å². The highest BCUT2D eigenvalue weighted by molar-refractivity contribution is 5.88. The SMILES string of the molecule is CCCCc1ccccc1N(c1ccc(-c2cc(-c3ccc(N(c4ccccc4CCCC)c4ccccc4CCCC)cc3)cc(-c3ccc(N(c4ccccc4CCCC)c4ccccc4CCCC)cc3)c2)cc1)c1ccccc1CCCC. The number of unbranched alkanes of at least 4 members (excludes halogenated alkanes) is 6. The smallest absolute Gasteiger partial charge is 0.0493 e. The van der Waals surface area contributed by atoms with Gasteiger partial charge in [0.05, 0.1) is 0 Å². The van der Waals surface area contributed by atoms with Crippen molar-refractivity contribution in [1.29, 1.82) is 0 Å². The van der Waals surface area contributed by atoms with E-state index in [0.29, 0.717) is 0 Å². The van der Waals surface area contributed by atoms with Gasteiger partial charge in [-0.05, 0) is 235 Å². The first-order chi connectivity index (χ1) is 42.9. The summed E-state index contributed by atoms with van der Waals surface area (Å²) in [4.78, 5) is 7.60. The summed E-state index contributed by atoms with van der Waals surface area (Å²) >= 11 is 0. The van der Waals surface area contributed by atoms with Gasteiger partial charge in [0.1, 0.15) is 0 Å². The van der Waals surface area contributed by atoms with Crippen LogP contribution < -0.4 is 14.7 Å². The molecule has 0 aliphatic carbocycles. The van der Waals surface area contributed by atoms with Gasteiger partial charge in [0.25, 0.3) is 0 Å². The van der Waals surface area contributed by atoms with Gasteiger partial charge in [-0.25, -0.2) is 0 Å². The highest BCUT2D eigenvalue weighted by Gasteiger charge is 2.23. The van der Waals surface area contributed by atoms with Crippen molar-refractivity contribution in [1.82, 2.24) is 0 Å². The molecule has 0 aliphatic rings. The lowest BCUT2D eigenvalue weighted by molar-refractivity contribution is 0.791. The summed E-state index contributed by atoms with van der Waals surface area (Å²) in [6.45, 7) is 13.8. The van der Waals surface area contributed by atoms with Crippen molar-refractivity contribution in [2.45, 2.75) is 157 Å². The van der Waals surface area contributed by atoms with E-state index >= 15 is 0 Å². The van der Waals surface area contributed by atoms with Gasteiger partial charge in [-0.2, -0.15) is 0 Å². The zero-order chi connectivity index (χ0) is 60.2. The van der Waals surface area contributed by atoms with Gasteiger partial charge in [0, 0.05) is 51.2 Å². The lowest BCUT2D eigenvalue weighted by Crippen LogP contribution is -2.14. The molecule has 0 heterocycles. The van der Waals surface area contributed by atoms with Crippen molar-refractivity contribution in [3.05, 3.63) is 270 Å². The van der Waals surface area contributed by atoms with Crippen LogP contribution in [0.4, 0.5) is 51.2 Å². The van der Waals surface area contributed by atoms with Crippen molar-refractivity contribution >= 4 is 51.2 Å². The van der Waals surface area contributed by atoms with Gasteiger partial charge >= 0.3 is 0 Å². The van der Waals surface area contributed by atoms with E-state index in [2.05, 4.69) is 293 Å². The summed E-state index contributed by atoms with van der Waals surface area (Å²) in [5.74, 6) is 0. The normalized spacial score (nSPS) is 11.2. The lowest BCUT2D eigenvalue weighted by Gasteiger charge is -2.30. The minimum Gasteiger partial charge on any atom is -0.310 e. The van der Waals surface area contributed by atoms with Crippen molar-refractivity contribution in [3.63, 3.8) is 0 Å². The monoisotopic (exact) mass is 1140 g/mol. The number of aryl methyl sites for hydroxylation is 6. The van der Waals surface area contributed by atoms with Gasteiger partial charge < -0.3 is 14.7 Å². The van der Waals surface area contributed by atoms with E-state index in [1.807, 2.05) is 0 Å². The van der Waals surface area contributed by atoms with Crippen LogP contribution in [0.15, 0.2) is 237 Å². The first kappa shape index (κ1) is 61.7. The van der Waals surface area contributed by atoms with Crippen LogP contribution in [0.1, 0.15) is 152 Å². The molecule has 10 aromatic carbocycles. The Morgan fingerprint density at radius 2 is 0.368 bits per heavy atom. The molecule has 0 saturated heterocycles. The Morgan fingerprint density at radius 3 is 0.540 bits per heavy atom. The van der Waals surface area contributed by atoms with Crippen molar-refractivity contribution in [2.75, 3.05) is 14.7 Å². The van der Waals surface area contributed by atoms with Crippen molar-refractivity contribution in [3.8, 4) is 33.4 Å². The third kappa shape index (κ3) is 15.1. The van der Waals surface area contributed by atoms with Crippen molar-refractivity contribution in [2.24, 2.45) is 0 Å². The Kier molecular flexibility index (Phi) is 22.2. The molecule has 0 N–H and O–H groups in total. The molecule has 0 radical (unpaired) electrons. The molecule has 0 unspecified atom stereocenters. The molecule has 0 aliphatic heterocycles. The molecule has 0 fully saturated rings. The number of nitrogens with zero attached hydrogens (tertiary/aromatic N) is 3. The van der Waals surface area contributed by atoms with Crippen LogP contribution in [0.3, 0.4) is 0 Å². The number of rotatable bonds is 30. The summed E-state index contributed by atoms with van der Waals surface area (Å²) in [6, 6.07) is 90.0. The Hall–Kier alpha value is -8.40. The molecule has 0 atom stereocenters. The van der Waals surface area contributed by atoms with E-state index in [1.165, 1.54) is 118 Å². The predicted octanol–water partition coefficient (Wildman–Crippen LogP) is 25.2. The Balaban J connectivity index is 1.11. The average Bonchev–Trinajstić information content (AvgIpc) is 2.50. The van der Waals surface area contributed by atoms with Gasteiger partial charge in [0.2, 0.25) is 0 Å². The van der Waals surface area contributed by atoms with Gasteiger partial charge in [-0.1, -0.05) is 226 Å².